The van der Waals surface area contributed by atoms with Crippen molar-refractivity contribution in [3.63, 3.8) is 0 Å². The Hall–Kier alpha value is -0.930. The number of hydrogen-bond acceptors (Lipinski definition) is 3. The second-order valence-electron chi connectivity index (χ2n) is 5.47. The first-order chi connectivity index (χ1) is 8.44. The Morgan fingerprint density at radius 3 is 2.72 bits per heavy atom. The molecule has 0 radical (unpaired) electrons. The summed E-state index contributed by atoms with van der Waals surface area (Å²) >= 11 is 6.01. The topological polar surface area (TPSA) is 32.7 Å². The molecule has 1 aromatic rings. The van der Waals surface area contributed by atoms with E-state index in [1.807, 2.05) is 12.1 Å². The fourth-order valence-corrected chi connectivity index (χ4v) is 2.78. The van der Waals surface area contributed by atoms with Gasteiger partial charge < -0.3 is 9.84 Å². The number of methoxy groups -OCH3 is 1. The maximum Gasteiger partial charge on any atom is 0.176 e. The van der Waals surface area contributed by atoms with Crippen LogP contribution in [0.1, 0.15) is 32.3 Å². The molecular formula is C14H20ClNO2. The van der Waals surface area contributed by atoms with Gasteiger partial charge in [-0.15, -0.1) is 0 Å². The van der Waals surface area contributed by atoms with Crippen molar-refractivity contribution < 1.29 is 9.84 Å². The Kier molecular flexibility index (Phi) is 3.74. The number of phenols is 1. The Bertz CT molecular complexity index is 446. The van der Waals surface area contributed by atoms with Crippen molar-refractivity contribution in [2.75, 3.05) is 13.7 Å². The second-order valence-corrected chi connectivity index (χ2v) is 5.87. The molecule has 0 bridgehead atoms. The van der Waals surface area contributed by atoms with Gasteiger partial charge >= 0.3 is 0 Å². The van der Waals surface area contributed by atoms with Crippen molar-refractivity contribution in [2.24, 2.45) is 0 Å². The zero-order valence-electron chi connectivity index (χ0n) is 11.2. The van der Waals surface area contributed by atoms with Crippen LogP contribution < -0.4 is 4.74 Å². The molecule has 0 atom stereocenters. The average Bonchev–Trinajstić information content (AvgIpc) is 2.63. The molecule has 0 spiro atoms. The predicted octanol–water partition coefficient (Wildman–Crippen LogP) is 3.43. The van der Waals surface area contributed by atoms with E-state index in [1.54, 1.807) is 0 Å². The fraction of sp³-hybridized carbons (Fsp3) is 0.571. The summed E-state index contributed by atoms with van der Waals surface area (Å²) in [7, 11) is 1.54. The Balaban J connectivity index is 2.22. The van der Waals surface area contributed by atoms with E-state index < -0.39 is 0 Å². The molecule has 1 heterocycles. The quantitative estimate of drug-likeness (QED) is 0.913. The molecule has 100 valence electrons. The van der Waals surface area contributed by atoms with Crippen LogP contribution in [0.25, 0.3) is 0 Å². The summed E-state index contributed by atoms with van der Waals surface area (Å²) in [6, 6.07) is 3.67. The van der Waals surface area contributed by atoms with Gasteiger partial charge in [-0.1, -0.05) is 11.6 Å². The van der Waals surface area contributed by atoms with Crippen LogP contribution in [0.15, 0.2) is 12.1 Å². The van der Waals surface area contributed by atoms with Gasteiger partial charge in [0.05, 0.1) is 12.1 Å². The predicted molar refractivity (Wildman–Crippen MR) is 73.4 cm³/mol. The van der Waals surface area contributed by atoms with E-state index >= 15 is 0 Å². The minimum atomic E-state index is 0.0172. The summed E-state index contributed by atoms with van der Waals surface area (Å²) in [6.45, 7) is 6.47. The van der Waals surface area contributed by atoms with Crippen LogP contribution in [-0.4, -0.2) is 29.2 Å². The molecule has 0 saturated carbocycles. The fourth-order valence-electron chi connectivity index (χ4n) is 2.55. The van der Waals surface area contributed by atoms with Gasteiger partial charge in [-0.25, -0.2) is 0 Å². The third-order valence-corrected chi connectivity index (χ3v) is 4.04. The number of nitrogens with zero attached hydrogens (tertiary/aromatic N) is 1. The van der Waals surface area contributed by atoms with Crippen molar-refractivity contribution in [1.29, 1.82) is 0 Å². The Morgan fingerprint density at radius 1 is 1.44 bits per heavy atom. The van der Waals surface area contributed by atoms with Gasteiger partial charge in [0.15, 0.2) is 11.5 Å². The minimum Gasteiger partial charge on any atom is -0.503 e. The standard InChI is InChI=1S/C14H20ClNO2/c1-14(2)5-4-6-16(14)9-10-7-11(15)13(17)12(8-10)18-3/h7-8,17H,4-6,9H2,1-3H3. The molecule has 4 heteroatoms. The SMILES string of the molecule is COc1cc(CN2CCCC2(C)C)cc(Cl)c1O. The van der Waals surface area contributed by atoms with Crippen LogP contribution in [0.5, 0.6) is 11.5 Å². The summed E-state index contributed by atoms with van der Waals surface area (Å²) in [6.07, 6.45) is 2.45. The lowest BCUT2D eigenvalue weighted by atomic mass is 10.0. The minimum absolute atomic E-state index is 0.0172. The maximum atomic E-state index is 9.71. The second kappa shape index (κ2) is 4.98. The normalized spacial score (nSPS) is 19.1. The lowest BCUT2D eigenvalue weighted by molar-refractivity contribution is 0.166. The first kappa shape index (κ1) is 13.5. The van der Waals surface area contributed by atoms with Crippen molar-refractivity contribution in [1.82, 2.24) is 4.90 Å². The molecule has 1 saturated heterocycles. The third kappa shape index (κ3) is 2.57. The first-order valence-corrected chi connectivity index (χ1v) is 6.62. The maximum absolute atomic E-state index is 9.71. The monoisotopic (exact) mass is 269 g/mol. The number of aromatic hydroxyl groups is 1. The van der Waals surface area contributed by atoms with E-state index in [4.69, 9.17) is 16.3 Å². The molecular weight excluding hydrogens is 250 g/mol. The molecule has 0 unspecified atom stereocenters. The highest BCUT2D eigenvalue weighted by atomic mass is 35.5. The number of phenolic OH excluding ortho intramolecular Hbond substituents is 1. The van der Waals surface area contributed by atoms with Gasteiger partial charge in [0.25, 0.3) is 0 Å². The molecule has 1 aromatic carbocycles. The zero-order chi connectivity index (χ0) is 13.3. The molecule has 2 rings (SSSR count). The van der Waals surface area contributed by atoms with Gasteiger partial charge in [0.2, 0.25) is 0 Å². The molecule has 18 heavy (non-hydrogen) atoms. The van der Waals surface area contributed by atoms with E-state index in [0.29, 0.717) is 10.8 Å². The summed E-state index contributed by atoms with van der Waals surface area (Å²) in [5.41, 5.74) is 1.31. The van der Waals surface area contributed by atoms with E-state index in [1.165, 1.54) is 20.0 Å². The Labute approximate surface area is 113 Å². The van der Waals surface area contributed by atoms with Gasteiger partial charge in [0, 0.05) is 12.1 Å². The van der Waals surface area contributed by atoms with E-state index in [2.05, 4.69) is 18.7 Å². The number of ether oxygens (including phenoxy) is 1. The summed E-state index contributed by atoms with van der Waals surface area (Å²) < 4.78 is 5.13. The molecule has 0 aromatic heterocycles. The van der Waals surface area contributed by atoms with Crippen molar-refractivity contribution >= 4 is 11.6 Å². The third-order valence-electron chi connectivity index (χ3n) is 3.75. The zero-order valence-corrected chi connectivity index (χ0v) is 11.9. The van der Waals surface area contributed by atoms with Gasteiger partial charge in [-0.2, -0.15) is 0 Å². The van der Waals surface area contributed by atoms with Crippen LogP contribution >= 0.6 is 11.6 Å². The average molecular weight is 270 g/mol. The van der Waals surface area contributed by atoms with Gasteiger partial charge in [-0.05, 0) is 50.9 Å². The number of halogens is 1. The van der Waals surface area contributed by atoms with Crippen molar-refractivity contribution in [3.05, 3.63) is 22.7 Å². The summed E-state index contributed by atoms with van der Waals surface area (Å²) in [5.74, 6) is 0.457. The van der Waals surface area contributed by atoms with E-state index in [9.17, 15) is 5.11 Å². The lowest BCUT2D eigenvalue weighted by Gasteiger charge is -2.31. The highest BCUT2D eigenvalue weighted by Gasteiger charge is 2.31. The van der Waals surface area contributed by atoms with Gasteiger partial charge in [0.1, 0.15) is 0 Å². The lowest BCUT2D eigenvalue weighted by Crippen LogP contribution is -2.37. The molecule has 1 N–H and O–H groups in total. The van der Waals surface area contributed by atoms with Crippen LogP contribution in [0, 0.1) is 0 Å². The van der Waals surface area contributed by atoms with E-state index in [-0.39, 0.29) is 11.3 Å². The molecule has 3 nitrogen and oxygen atoms in total. The largest absolute Gasteiger partial charge is 0.503 e. The van der Waals surface area contributed by atoms with Crippen molar-refractivity contribution in [3.8, 4) is 11.5 Å². The van der Waals surface area contributed by atoms with E-state index in [0.717, 1.165) is 18.7 Å². The molecule has 1 aliphatic heterocycles. The van der Waals surface area contributed by atoms with Gasteiger partial charge in [-0.3, -0.25) is 4.90 Å². The summed E-state index contributed by atoms with van der Waals surface area (Å²) in [5, 5.41) is 10.1. The number of hydrogen-bond donors (Lipinski definition) is 1. The molecule has 1 fully saturated rings. The number of rotatable bonds is 3. The van der Waals surface area contributed by atoms with Crippen LogP contribution in [0.2, 0.25) is 5.02 Å². The number of likely N-dealkylation sites (tertiary alicyclic amines) is 1. The first-order valence-electron chi connectivity index (χ1n) is 6.24. The van der Waals surface area contributed by atoms with Crippen LogP contribution in [0.3, 0.4) is 0 Å². The van der Waals surface area contributed by atoms with Crippen molar-refractivity contribution in [2.45, 2.75) is 38.8 Å². The molecule has 1 aliphatic rings. The number of benzene rings is 1. The highest BCUT2D eigenvalue weighted by molar-refractivity contribution is 6.32. The highest BCUT2D eigenvalue weighted by Crippen LogP contribution is 2.37. The van der Waals surface area contributed by atoms with Crippen LogP contribution in [0.4, 0.5) is 0 Å². The molecule has 0 aliphatic carbocycles. The molecule has 0 amide bonds. The Morgan fingerprint density at radius 2 is 2.17 bits per heavy atom. The summed E-state index contributed by atoms with van der Waals surface area (Å²) in [4.78, 5) is 2.44. The van der Waals surface area contributed by atoms with Crippen LogP contribution in [-0.2, 0) is 6.54 Å². The smallest absolute Gasteiger partial charge is 0.176 e.